The number of likely N-dealkylation sites (N-methyl/N-ethyl adjacent to an activating group) is 1. The van der Waals surface area contributed by atoms with Crippen molar-refractivity contribution in [3.8, 4) is 0 Å². The summed E-state index contributed by atoms with van der Waals surface area (Å²) in [7, 11) is -1.61. The molecule has 1 amide bonds. The number of carbonyl (C=O) groups excluding carboxylic acids is 1. The van der Waals surface area contributed by atoms with Crippen molar-refractivity contribution in [1.29, 1.82) is 0 Å². The van der Waals surface area contributed by atoms with E-state index in [9.17, 15) is 30.8 Å². The van der Waals surface area contributed by atoms with Crippen LogP contribution < -0.4 is 4.72 Å². The Morgan fingerprint density at radius 3 is 2.27 bits per heavy atom. The third-order valence-electron chi connectivity index (χ3n) is 2.70. The van der Waals surface area contributed by atoms with Crippen LogP contribution in [0.4, 0.5) is 17.6 Å². The summed E-state index contributed by atoms with van der Waals surface area (Å²) in [5.74, 6) is -2.16. The number of amides is 1. The Kier molecular flexibility index (Phi) is 5.18. The number of halogens is 4. The molecule has 1 atom stereocenters. The zero-order valence-corrected chi connectivity index (χ0v) is 12.7. The number of rotatable bonds is 4. The first kappa shape index (κ1) is 18.4. The van der Waals surface area contributed by atoms with Crippen LogP contribution >= 0.6 is 0 Å². The number of nitrogens with zero attached hydrogens (tertiary/aromatic N) is 1. The zero-order valence-electron chi connectivity index (χ0n) is 11.9. The van der Waals surface area contributed by atoms with Gasteiger partial charge in [-0.15, -0.1) is 0 Å². The van der Waals surface area contributed by atoms with Crippen LogP contribution in [0.2, 0.25) is 0 Å². The molecule has 1 unspecified atom stereocenters. The number of nitrogens with one attached hydrogen (secondary N) is 1. The summed E-state index contributed by atoms with van der Waals surface area (Å²) in [6.07, 6.45) is -5.03. The summed E-state index contributed by atoms with van der Waals surface area (Å²) in [6.45, 7) is 1.24. The van der Waals surface area contributed by atoms with E-state index < -0.39 is 44.4 Å². The highest BCUT2D eigenvalue weighted by atomic mass is 32.2. The number of sulfonamides is 1. The molecule has 10 heteroatoms. The van der Waals surface area contributed by atoms with E-state index in [0.29, 0.717) is 12.1 Å². The minimum Gasteiger partial charge on any atom is -0.347 e. The van der Waals surface area contributed by atoms with Crippen molar-refractivity contribution >= 4 is 15.9 Å². The van der Waals surface area contributed by atoms with E-state index in [1.165, 1.54) is 21.0 Å². The fraction of sp³-hybridized carbons (Fsp3) is 0.417. The molecule has 0 saturated heterocycles. The molecule has 22 heavy (non-hydrogen) atoms. The molecule has 1 N–H and O–H groups in total. The normalized spacial score (nSPS) is 13.8. The van der Waals surface area contributed by atoms with Gasteiger partial charge in [-0.25, -0.2) is 12.8 Å². The molecule has 0 saturated carbocycles. The zero-order chi connectivity index (χ0) is 17.3. The number of hydrogen-bond donors (Lipinski definition) is 1. The van der Waals surface area contributed by atoms with E-state index in [4.69, 9.17) is 0 Å². The highest BCUT2D eigenvalue weighted by Gasteiger charge is 2.35. The lowest BCUT2D eigenvalue weighted by Gasteiger charge is -2.18. The van der Waals surface area contributed by atoms with E-state index in [0.717, 1.165) is 4.90 Å². The van der Waals surface area contributed by atoms with Gasteiger partial charge in [0.1, 0.15) is 5.82 Å². The second kappa shape index (κ2) is 6.21. The first-order chi connectivity index (χ1) is 9.86. The van der Waals surface area contributed by atoms with E-state index in [-0.39, 0.29) is 6.07 Å². The van der Waals surface area contributed by atoms with Gasteiger partial charge in [0.15, 0.2) is 0 Å². The smallest absolute Gasteiger partial charge is 0.347 e. The average Bonchev–Trinajstić information content (AvgIpc) is 2.35. The van der Waals surface area contributed by atoms with Gasteiger partial charge >= 0.3 is 6.18 Å². The third kappa shape index (κ3) is 4.17. The molecular weight excluding hydrogens is 328 g/mol. The molecule has 0 aliphatic heterocycles. The second-order valence-corrected chi connectivity index (χ2v) is 6.43. The van der Waals surface area contributed by atoms with Crippen molar-refractivity contribution in [2.45, 2.75) is 24.0 Å². The first-order valence-electron chi connectivity index (χ1n) is 5.96. The highest BCUT2D eigenvalue weighted by molar-refractivity contribution is 7.89. The summed E-state index contributed by atoms with van der Waals surface area (Å²) in [5.41, 5.74) is -1.69. The van der Waals surface area contributed by atoms with Gasteiger partial charge in [0.25, 0.3) is 0 Å². The van der Waals surface area contributed by atoms with E-state index in [2.05, 4.69) is 0 Å². The van der Waals surface area contributed by atoms with E-state index in [1.807, 2.05) is 4.72 Å². The standard InChI is InChI=1S/C12H14F4N2O3S/c1-7(11(19)18(2)3)17-22(20,21)8-4-5-10(13)9(6-8)12(14,15)16/h4-7,17H,1-3H3. The fourth-order valence-corrected chi connectivity index (χ4v) is 2.85. The Labute approximate surface area is 125 Å². The third-order valence-corrected chi connectivity index (χ3v) is 4.24. The van der Waals surface area contributed by atoms with Crippen molar-refractivity contribution in [3.05, 3.63) is 29.6 Å². The Morgan fingerprint density at radius 1 is 1.27 bits per heavy atom. The van der Waals surface area contributed by atoms with E-state index in [1.54, 1.807) is 0 Å². The molecule has 0 aromatic heterocycles. The summed E-state index contributed by atoms with van der Waals surface area (Å²) in [6, 6.07) is 0.111. The minimum absolute atomic E-state index is 0.185. The molecule has 0 fully saturated rings. The Hall–Kier alpha value is -1.68. The first-order valence-corrected chi connectivity index (χ1v) is 7.45. The van der Waals surface area contributed by atoms with Gasteiger partial charge in [0, 0.05) is 14.1 Å². The van der Waals surface area contributed by atoms with Gasteiger partial charge in [0.2, 0.25) is 15.9 Å². The second-order valence-electron chi connectivity index (χ2n) is 4.72. The van der Waals surface area contributed by atoms with Crippen LogP contribution in [0, 0.1) is 5.82 Å². The van der Waals surface area contributed by atoms with Crippen molar-refractivity contribution in [1.82, 2.24) is 9.62 Å². The largest absolute Gasteiger partial charge is 0.419 e. The molecule has 0 aliphatic rings. The number of alkyl halides is 3. The maximum atomic E-state index is 13.2. The van der Waals surface area contributed by atoms with Crippen LogP contribution in [0.25, 0.3) is 0 Å². The molecule has 0 heterocycles. The monoisotopic (exact) mass is 342 g/mol. The highest BCUT2D eigenvalue weighted by Crippen LogP contribution is 2.32. The summed E-state index contributed by atoms with van der Waals surface area (Å²) in [4.78, 5) is 11.9. The van der Waals surface area contributed by atoms with E-state index >= 15 is 0 Å². The lowest BCUT2D eigenvalue weighted by molar-refractivity contribution is -0.140. The molecule has 0 radical (unpaired) electrons. The predicted octanol–water partition coefficient (Wildman–Crippen LogP) is 1.60. The summed E-state index contributed by atoms with van der Waals surface area (Å²) in [5, 5.41) is 0. The van der Waals surface area contributed by atoms with Crippen LogP contribution in [0.1, 0.15) is 12.5 Å². The number of benzene rings is 1. The predicted molar refractivity (Wildman–Crippen MR) is 69.9 cm³/mol. The summed E-state index contributed by atoms with van der Waals surface area (Å²) >= 11 is 0. The van der Waals surface area contributed by atoms with Crippen LogP contribution in [0.3, 0.4) is 0 Å². The molecule has 1 aromatic rings. The number of hydrogen-bond acceptors (Lipinski definition) is 3. The van der Waals surface area contributed by atoms with Crippen molar-refractivity contribution in [2.24, 2.45) is 0 Å². The molecule has 0 bridgehead atoms. The summed E-state index contributed by atoms with van der Waals surface area (Å²) < 4.78 is 76.9. The quantitative estimate of drug-likeness (QED) is 0.845. The van der Waals surface area contributed by atoms with Gasteiger partial charge in [-0.3, -0.25) is 4.79 Å². The Balaban J connectivity index is 3.17. The molecule has 0 aliphatic carbocycles. The Bertz CT molecular complexity index is 671. The Morgan fingerprint density at radius 2 is 1.82 bits per heavy atom. The molecule has 1 rings (SSSR count). The van der Waals surface area contributed by atoms with Crippen LogP contribution in [-0.4, -0.2) is 39.4 Å². The minimum atomic E-state index is -5.03. The van der Waals surface area contributed by atoms with Crippen LogP contribution in [0.5, 0.6) is 0 Å². The van der Waals surface area contributed by atoms with Crippen LogP contribution in [0.15, 0.2) is 23.1 Å². The van der Waals surface area contributed by atoms with Crippen molar-refractivity contribution in [3.63, 3.8) is 0 Å². The maximum Gasteiger partial charge on any atom is 0.419 e. The van der Waals surface area contributed by atoms with Crippen molar-refractivity contribution in [2.75, 3.05) is 14.1 Å². The van der Waals surface area contributed by atoms with Gasteiger partial charge in [-0.2, -0.15) is 17.9 Å². The molecule has 0 spiro atoms. The number of carbonyl (C=O) groups is 1. The average molecular weight is 342 g/mol. The van der Waals surface area contributed by atoms with Crippen molar-refractivity contribution < 1.29 is 30.8 Å². The molecule has 5 nitrogen and oxygen atoms in total. The molecule has 1 aromatic carbocycles. The van der Waals surface area contributed by atoms with Gasteiger partial charge < -0.3 is 4.90 Å². The lowest BCUT2D eigenvalue weighted by Crippen LogP contribution is -2.44. The fourth-order valence-electron chi connectivity index (χ4n) is 1.63. The maximum absolute atomic E-state index is 13.2. The molecule has 124 valence electrons. The lowest BCUT2D eigenvalue weighted by atomic mass is 10.2. The van der Waals surface area contributed by atoms with Gasteiger partial charge in [0.05, 0.1) is 16.5 Å². The van der Waals surface area contributed by atoms with Gasteiger partial charge in [-0.05, 0) is 25.1 Å². The van der Waals surface area contributed by atoms with Gasteiger partial charge in [-0.1, -0.05) is 0 Å². The molecular formula is C12H14F4N2O3S. The SMILES string of the molecule is CC(NS(=O)(=O)c1ccc(F)c(C(F)(F)F)c1)C(=O)N(C)C. The van der Waals surface area contributed by atoms with Crippen LogP contribution in [-0.2, 0) is 21.0 Å². The topological polar surface area (TPSA) is 66.5 Å².